The first kappa shape index (κ1) is 11.8. The van der Waals surface area contributed by atoms with Crippen molar-refractivity contribution in [1.29, 1.82) is 0 Å². The number of nitrogens with zero attached hydrogens (tertiary/aromatic N) is 1. The van der Waals surface area contributed by atoms with Gasteiger partial charge in [0.05, 0.1) is 0 Å². The van der Waals surface area contributed by atoms with Crippen molar-refractivity contribution in [1.82, 2.24) is 15.2 Å². The SMILES string of the molecule is CNC(=O)CCn1ccc(C(C)NC)c1. The van der Waals surface area contributed by atoms with Crippen molar-refractivity contribution in [3.63, 3.8) is 0 Å². The summed E-state index contributed by atoms with van der Waals surface area (Å²) in [6.45, 7) is 2.84. The molecule has 0 aliphatic rings. The summed E-state index contributed by atoms with van der Waals surface area (Å²) in [5.74, 6) is 0.0758. The van der Waals surface area contributed by atoms with Crippen molar-refractivity contribution < 1.29 is 4.79 Å². The first-order chi connectivity index (χ1) is 7.17. The van der Waals surface area contributed by atoms with Gasteiger partial charge in [-0.1, -0.05) is 0 Å². The van der Waals surface area contributed by atoms with E-state index in [1.807, 2.05) is 17.8 Å². The molecule has 0 saturated heterocycles. The van der Waals surface area contributed by atoms with Gasteiger partial charge in [-0.2, -0.15) is 0 Å². The van der Waals surface area contributed by atoms with Crippen LogP contribution in [-0.2, 0) is 11.3 Å². The maximum Gasteiger partial charge on any atom is 0.221 e. The summed E-state index contributed by atoms with van der Waals surface area (Å²) in [6, 6.07) is 2.43. The van der Waals surface area contributed by atoms with E-state index in [1.54, 1.807) is 7.05 Å². The number of hydrogen-bond donors (Lipinski definition) is 2. The van der Waals surface area contributed by atoms with Crippen LogP contribution in [0.3, 0.4) is 0 Å². The van der Waals surface area contributed by atoms with Crippen LogP contribution < -0.4 is 10.6 Å². The molecule has 15 heavy (non-hydrogen) atoms. The summed E-state index contributed by atoms with van der Waals surface area (Å²) >= 11 is 0. The molecule has 1 aromatic rings. The Morgan fingerprint density at radius 1 is 1.53 bits per heavy atom. The number of aryl methyl sites for hydroxylation is 1. The summed E-state index contributed by atoms with van der Waals surface area (Å²) < 4.78 is 2.04. The van der Waals surface area contributed by atoms with Crippen molar-refractivity contribution in [3.05, 3.63) is 24.0 Å². The van der Waals surface area contributed by atoms with Crippen LogP contribution in [0.2, 0.25) is 0 Å². The van der Waals surface area contributed by atoms with Gasteiger partial charge in [-0.05, 0) is 25.6 Å². The summed E-state index contributed by atoms with van der Waals surface area (Å²) in [7, 11) is 3.60. The molecule has 1 amide bonds. The number of amides is 1. The van der Waals surface area contributed by atoms with Crippen molar-refractivity contribution >= 4 is 5.91 Å². The highest BCUT2D eigenvalue weighted by Gasteiger charge is 2.04. The normalized spacial score (nSPS) is 12.5. The zero-order valence-corrected chi connectivity index (χ0v) is 9.58. The molecule has 4 nitrogen and oxygen atoms in total. The molecule has 0 aliphatic carbocycles. The van der Waals surface area contributed by atoms with Gasteiger partial charge in [-0.3, -0.25) is 4.79 Å². The fraction of sp³-hybridized carbons (Fsp3) is 0.545. The van der Waals surface area contributed by atoms with Gasteiger partial charge in [0.2, 0.25) is 5.91 Å². The largest absolute Gasteiger partial charge is 0.359 e. The number of carbonyl (C=O) groups excluding carboxylic acids is 1. The lowest BCUT2D eigenvalue weighted by Gasteiger charge is -2.07. The van der Waals surface area contributed by atoms with E-state index in [0.717, 1.165) is 6.54 Å². The standard InChI is InChI=1S/C11H19N3O/c1-9(12-2)10-4-6-14(8-10)7-5-11(15)13-3/h4,6,8-9,12H,5,7H2,1-3H3,(H,13,15). The molecule has 0 bridgehead atoms. The molecule has 1 aromatic heterocycles. The maximum absolute atomic E-state index is 11.0. The van der Waals surface area contributed by atoms with Gasteiger partial charge in [-0.15, -0.1) is 0 Å². The van der Waals surface area contributed by atoms with Crippen LogP contribution in [0.1, 0.15) is 24.9 Å². The first-order valence-electron chi connectivity index (χ1n) is 5.21. The molecule has 2 N–H and O–H groups in total. The molecule has 0 saturated carbocycles. The summed E-state index contributed by atoms with van der Waals surface area (Å²) in [4.78, 5) is 11.0. The van der Waals surface area contributed by atoms with Crippen LogP contribution in [0.15, 0.2) is 18.5 Å². The molecule has 0 radical (unpaired) electrons. The average Bonchev–Trinajstić information content (AvgIpc) is 2.73. The van der Waals surface area contributed by atoms with Gasteiger partial charge in [0.25, 0.3) is 0 Å². The Kier molecular flexibility index (Phi) is 4.37. The van der Waals surface area contributed by atoms with E-state index in [9.17, 15) is 4.79 Å². The fourth-order valence-electron chi connectivity index (χ4n) is 1.38. The quantitative estimate of drug-likeness (QED) is 0.757. The molecule has 1 rings (SSSR count). The van der Waals surface area contributed by atoms with Gasteiger partial charge in [-0.25, -0.2) is 0 Å². The molecular formula is C11H19N3O. The second-order valence-corrected chi connectivity index (χ2v) is 3.62. The van der Waals surface area contributed by atoms with E-state index in [-0.39, 0.29) is 5.91 Å². The molecule has 1 heterocycles. The number of carbonyl (C=O) groups is 1. The number of aromatic nitrogens is 1. The predicted molar refractivity (Wildman–Crippen MR) is 60.6 cm³/mol. The average molecular weight is 209 g/mol. The zero-order chi connectivity index (χ0) is 11.3. The minimum Gasteiger partial charge on any atom is -0.359 e. The number of rotatable bonds is 5. The molecule has 1 unspecified atom stereocenters. The third-order valence-electron chi connectivity index (χ3n) is 2.58. The number of nitrogens with one attached hydrogen (secondary N) is 2. The topological polar surface area (TPSA) is 46.1 Å². The van der Waals surface area contributed by atoms with E-state index in [1.165, 1.54) is 5.56 Å². The van der Waals surface area contributed by atoms with Crippen LogP contribution in [0.25, 0.3) is 0 Å². The Balaban J connectivity index is 2.49. The molecule has 0 fully saturated rings. The summed E-state index contributed by atoms with van der Waals surface area (Å²) in [5.41, 5.74) is 1.24. The Morgan fingerprint density at radius 2 is 2.27 bits per heavy atom. The number of hydrogen-bond acceptors (Lipinski definition) is 2. The highest BCUT2D eigenvalue weighted by Crippen LogP contribution is 2.11. The minimum absolute atomic E-state index is 0.0758. The second kappa shape index (κ2) is 5.56. The Morgan fingerprint density at radius 3 is 2.87 bits per heavy atom. The van der Waals surface area contributed by atoms with Crippen LogP contribution >= 0.6 is 0 Å². The van der Waals surface area contributed by atoms with E-state index in [4.69, 9.17) is 0 Å². The molecule has 0 aliphatic heterocycles. The van der Waals surface area contributed by atoms with Gasteiger partial charge in [0, 0.05) is 38.4 Å². The molecule has 0 aromatic carbocycles. The van der Waals surface area contributed by atoms with Gasteiger partial charge < -0.3 is 15.2 Å². The van der Waals surface area contributed by atoms with Crippen molar-refractivity contribution in [3.8, 4) is 0 Å². The Hall–Kier alpha value is -1.29. The smallest absolute Gasteiger partial charge is 0.221 e. The summed E-state index contributed by atoms with van der Waals surface area (Å²) in [5, 5.41) is 5.79. The van der Waals surface area contributed by atoms with Crippen molar-refractivity contribution in [2.75, 3.05) is 14.1 Å². The van der Waals surface area contributed by atoms with Crippen molar-refractivity contribution in [2.45, 2.75) is 25.9 Å². The lowest BCUT2D eigenvalue weighted by Crippen LogP contribution is -2.19. The van der Waals surface area contributed by atoms with Crippen LogP contribution in [0.5, 0.6) is 0 Å². The van der Waals surface area contributed by atoms with E-state index < -0.39 is 0 Å². The van der Waals surface area contributed by atoms with Crippen LogP contribution in [-0.4, -0.2) is 24.6 Å². The lowest BCUT2D eigenvalue weighted by molar-refractivity contribution is -0.120. The van der Waals surface area contributed by atoms with E-state index >= 15 is 0 Å². The lowest BCUT2D eigenvalue weighted by atomic mass is 10.2. The van der Waals surface area contributed by atoms with E-state index in [0.29, 0.717) is 12.5 Å². The Bertz CT molecular complexity index is 319. The summed E-state index contributed by atoms with van der Waals surface area (Å²) in [6.07, 6.45) is 4.61. The maximum atomic E-state index is 11.0. The highest BCUT2D eigenvalue weighted by atomic mass is 16.1. The third kappa shape index (κ3) is 3.40. The first-order valence-corrected chi connectivity index (χ1v) is 5.21. The Labute approximate surface area is 90.7 Å². The van der Waals surface area contributed by atoms with Crippen LogP contribution in [0.4, 0.5) is 0 Å². The third-order valence-corrected chi connectivity index (χ3v) is 2.58. The molecule has 1 atom stereocenters. The molecular weight excluding hydrogens is 190 g/mol. The molecule has 84 valence electrons. The zero-order valence-electron chi connectivity index (χ0n) is 9.58. The minimum atomic E-state index is 0.0758. The van der Waals surface area contributed by atoms with Gasteiger partial charge in [0.1, 0.15) is 0 Å². The molecule has 4 heteroatoms. The fourth-order valence-corrected chi connectivity index (χ4v) is 1.38. The van der Waals surface area contributed by atoms with E-state index in [2.05, 4.69) is 29.8 Å². The second-order valence-electron chi connectivity index (χ2n) is 3.62. The van der Waals surface area contributed by atoms with Gasteiger partial charge in [0.15, 0.2) is 0 Å². The van der Waals surface area contributed by atoms with Crippen LogP contribution in [0, 0.1) is 0 Å². The van der Waals surface area contributed by atoms with Crippen molar-refractivity contribution in [2.24, 2.45) is 0 Å². The predicted octanol–water partition coefficient (Wildman–Crippen LogP) is 0.905. The van der Waals surface area contributed by atoms with Gasteiger partial charge >= 0.3 is 0 Å². The molecule has 0 spiro atoms. The highest BCUT2D eigenvalue weighted by molar-refractivity contribution is 5.75. The monoisotopic (exact) mass is 209 g/mol.